The van der Waals surface area contributed by atoms with Gasteiger partial charge in [-0.15, -0.1) is 0 Å². The van der Waals surface area contributed by atoms with Crippen LogP contribution in [0.4, 0.5) is 16.2 Å². The number of nitrogens with two attached hydrogens (primary N) is 1. The molecule has 1 aliphatic heterocycles. The fraction of sp³-hybridized carbons (Fsp3) is 0.462. The summed E-state index contributed by atoms with van der Waals surface area (Å²) in [5.74, 6) is 0. The van der Waals surface area contributed by atoms with E-state index in [0.29, 0.717) is 5.69 Å². The number of hydrogen-bond acceptors (Lipinski definition) is 2. The predicted molar refractivity (Wildman–Crippen MR) is 77.8 cm³/mol. The Hall–Kier alpha value is -1.23. The average molecular weight is 312 g/mol. The van der Waals surface area contributed by atoms with Crippen molar-refractivity contribution in [3.63, 3.8) is 0 Å². The van der Waals surface area contributed by atoms with Crippen molar-refractivity contribution in [1.29, 1.82) is 0 Å². The van der Waals surface area contributed by atoms with Gasteiger partial charge in [0.2, 0.25) is 0 Å². The molecule has 0 saturated carbocycles. The molecule has 1 fully saturated rings. The summed E-state index contributed by atoms with van der Waals surface area (Å²) < 4.78 is 0.919. The highest BCUT2D eigenvalue weighted by atomic mass is 79.9. The quantitative estimate of drug-likeness (QED) is 0.810. The molecular weight excluding hydrogens is 294 g/mol. The van der Waals surface area contributed by atoms with E-state index >= 15 is 0 Å². The molecule has 1 aromatic carbocycles. The number of carbonyl (C=O) groups excluding carboxylic acids is 1. The third-order valence-electron chi connectivity index (χ3n) is 3.26. The van der Waals surface area contributed by atoms with Gasteiger partial charge in [0.25, 0.3) is 0 Å². The maximum Gasteiger partial charge on any atom is 0.324 e. The molecule has 4 nitrogen and oxygen atoms in total. The van der Waals surface area contributed by atoms with E-state index in [1.54, 1.807) is 11.9 Å². The highest BCUT2D eigenvalue weighted by Gasteiger charge is 2.21. The van der Waals surface area contributed by atoms with Crippen LogP contribution in [-0.2, 0) is 0 Å². The largest absolute Gasteiger partial charge is 0.397 e. The molecule has 1 heterocycles. The molecular formula is C13H18BrN3O. The molecule has 1 aromatic rings. The predicted octanol–water partition coefficient (Wildman–Crippen LogP) is 3.07. The number of nitrogens with zero attached hydrogens (tertiary/aromatic N) is 2. The maximum atomic E-state index is 12.3. The lowest BCUT2D eigenvalue weighted by Gasteiger charge is -2.31. The number of hydrogen-bond donors (Lipinski definition) is 1. The first kappa shape index (κ1) is 13.2. The van der Waals surface area contributed by atoms with E-state index in [4.69, 9.17) is 5.73 Å². The molecule has 2 N–H and O–H groups in total. The standard InChI is InChI=1S/C13H18BrN3O/c1-16(12-6-5-10(14)9-11(12)15)13(18)17-7-3-2-4-8-17/h5-6,9H,2-4,7-8,15H2,1H3. The van der Waals surface area contributed by atoms with Crippen LogP contribution in [0.1, 0.15) is 19.3 Å². The maximum absolute atomic E-state index is 12.3. The van der Waals surface area contributed by atoms with Gasteiger partial charge < -0.3 is 10.6 Å². The zero-order chi connectivity index (χ0) is 13.1. The van der Waals surface area contributed by atoms with Crippen molar-refractivity contribution >= 4 is 33.3 Å². The van der Waals surface area contributed by atoms with Crippen LogP contribution in [0.25, 0.3) is 0 Å². The fourth-order valence-electron chi connectivity index (χ4n) is 2.23. The smallest absolute Gasteiger partial charge is 0.324 e. The van der Waals surface area contributed by atoms with Crippen LogP contribution in [0, 0.1) is 0 Å². The van der Waals surface area contributed by atoms with Gasteiger partial charge in [0.1, 0.15) is 0 Å². The number of piperidine rings is 1. The molecule has 0 aliphatic carbocycles. The van der Waals surface area contributed by atoms with Crippen molar-refractivity contribution in [3.05, 3.63) is 22.7 Å². The summed E-state index contributed by atoms with van der Waals surface area (Å²) in [7, 11) is 1.77. The van der Waals surface area contributed by atoms with Crippen molar-refractivity contribution in [2.24, 2.45) is 0 Å². The third kappa shape index (κ3) is 2.77. The molecule has 98 valence electrons. The number of carbonyl (C=O) groups is 1. The minimum Gasteiger partial charge on any atom is -0.397 e. The normalized spacial score (nSPS) is 15.6. The van der Waals surface area contributed by atoms with Gasteiger partial charge >= 0.3 is 6.03 Å². The molecule has 0 spiro atoms. The lowest BCUT2D eigenvalue weighted by atomic mass is 10.1. The first-order valence-electron chi connectivity index (χ1n) is 6.17. The SMILES string of the molecule is CN(C(=O)N1CCCCC1)c1ccc(Br)cc1N. The van der Waals surface area contributed by atoms with Crippen LogP contribution in [0.2, 0.25) is 0 Å². The summed E-state index contributed by atoms with van der Waals surface area (Å²) in [5.41, 5.74) is 7.31. The van der Waals surface area contributed by atoms with Gasteiger partial charge in [-0.3, -0.25) is 4.90 Å². The summed E-state index contributed by atoms with van der Waals surface area (Å²) >= 11 is 3.37. The zero-order valence-corrected chi connectivity index (χ0v) is 12.1. The van der Waals surface area contributed by atoms with Crippen LogP contribution in [0.3, 0.4) is 0 Å². The molecule has 0 unspecified atom stereocenters. The monoisotopic (exact) mass is 311 g/mol. The van der Waals surface area contributed by atoms with E-state index in [0.717, 1.165) is 36.1 Å². The van der Waals surface area contributed by atoms with Crippen molar-refractivity contribution in [1.82, 2.24) is 4.90 Å². The number of benzene rings is 1. The number of rotatable bonds is 1. The van der Waals surface area contributed by atoms with Crippen LogP contribution < -0.4 is 10.6 Å². The summed E-state index contributed by atoms with van der Waals surface area (Å²) in [4.78, 5) is 15.8. The average Bonchev–Trinajstić information content (AvgIpc) is 2.38. The minimum atomic E-state index is 0.0312. The second-order valence-electron chi connectivity index (χ2n) is 4.59. The van der Waals surface area contributed by atoms with Crippen LogP contribution >= 0.6 is 15.9 Å². The van der Waals surface area contributed by atoms with Gasteiger partial charge in [-0.2, -0.15) is 0 Å². The van der Waals surface area contributed by atoms with Gasteiger partial charge in [-0.25, -0.2) is 4.79 Å². The molecule has 5 heteroatoms. The van der Waals surface area contributed by atoms with E-state index in [1.165, 1.54) is 6.42 Å². The molecule has 0 radical (unpaired) electrons. The molecule has 2 amide bonds. The summed E-state index contributed by atoms with van der Waals surface area (Å²) in [6.45, 7) is 1.69. The molecule has 2 rings (SSSR count). The Morgan fingerprint density at radius 3 is 2.61 bits per heavy atom. The van der Waals surface area contributed by atoms with E-state index in [-0.39, 0.29) is 6.03 Å². The second-order valence-corrected chi connectivity index (χ2v) is 5.51. The number of nitrogen functional groups attached to an aromatic ring is 1. The van der Waals surface area contributed by atoms with Crippen molar-refractivity contribution in [2.75, 3.05) is 30.8 Å². The highest BCUT2D eigenvalue weighted by Crippen LogP contribution is 2.27. The lowest BCUT2D eigenvalue weighted by molar-refractivity contribution is 0.194. The van der Waals surface area contributed by atoms with E-state index in [2.05, 4.69) is 15.9 Å². The Kier molecular flexibility index (Phi) is 4.11. The number of likely N-dealkylation sites (tertiary alicyclic amines) is 1. The molecule has 18 heavy (non-hydrogen) atoms. The molecule has 0 bridgehead atoms. The van der Waals surface area contributed by atoms with E-state index in [1.807, 2.05) is 23.1 Å². The second kappa shape index (κ2) is 5.61. The summed E-state index contributed by atoms with van der Waals surface area (Å²) in [5, 5.41) is 0. The minimum absolute atomic E-state index is 0.0312. The lowest BCUT2D eigenvalue weighted by Crippen LogP contribution is -2.44. The van der Waals surface area contributed by atoms with Crippen molar-refractivity contribution in [2.45, 2.75) is 19.3 Å². The van der Waals surface area contributed by atoms with Crippen molar-refractivity contribution < 1.29 is 4.79 Å². The Labute approximate surface area is 116 Å². The number of halogens is 1. The molecule has 1 aliphatic rings. The van der Waals surface area contributed by atoms with Crippen LogP contribution in [0.15, 0.2) is 22.7 Å². The molecule has 0 aromatic heterocycles. The van der Waals surface area contributed by atoms with Gasteiger partial charge in [-0.05, 0) is 37.5 Å². The molecule has 0 atom stereocenters. The van der Waals surface area contributed by atoms with E-state index < -0.39 is 0 Å². The molecule has 1 saturated heterocycles. The van der Waals surface area contributed by atoms with Gasteiger partial charge in [0.05, 0.1) is 11.4 Å². The topological polar surface area (TPSA) is 49.6 Å². The zero-order valence-electron chi connectivity index (χ0n) is 10.5. The van der Waals surface area contributed by atoms with Gasteiger partial charge in [-0.1, -0.05) is 15.9 Å². The highest BCUT2D eigenvalue weighted by molar-refractivity contribution is 9.10. The fourth-order valence-corrected chi connectivity index (χ4v) is 2.61. The first-order valence-corrected chi connectivity index (χ1v) is 6.96. The Morgan fingerprint density at radius 1 is 1.33 bits per heavy atom. The Bertz CT molecular complexity index is 444. The Morgan fingerprint density at radius 2 is 2.00 bits per heavy atom. The van der Waals surface area contributed by atoms with Crippen molar-refractivity contribution in [3.8, 4) is 0 Å². The number of amides is 2. The summed E-state index contributed by atoms with van der Waals surface area (Å²) in [6.07, 6.45) is 3.40. The van der Waals surface area contributed by atoms with Gasteiger partial charge in [0.15, 0.2) is 0 Å². The van der Waals surface area contributed by atoms with E-state index in [9.17, 15) is 4.79 Å². The first-order chi connectivity index (χ1) is 8.59. The Balaban J connectivity index is 2.14. The number of urea groups is 1. The van der Waals surface area contributed by atoms with Crippen LogP contribution in [-0.4, -0.2) is 31.1 Å². The van der Waals surface area contributed by atoms with Gasteiger partial charge in [0, 0.05) is 24.6 Å². The number of anilines is 2. The summed E-state index contributed by atoms with van der Waals surface area (Å²) in [6, 6.07) is 5.60. The van der Waals surface area contributed by atoms with Crippen LogP contribution in [0.5, 0.6) is 0 Å². The third-order valence-corrected chi connectivity index (χ3v) is 3.76.